The quantitative estimate of drug-likeness (QED) is 0.193. The van der Waals surface area contributed by atoms with E-state index in [9.17, 15) is 0 Å². The van der Waals surface area contributed by atoms with Crippen molar-refractivity contribution < 1.29 is 0 Å². The molecule has 1 aliphatic heterocycles. The number of hydrogen-bond acceptors (Lipinski definition) is 4. The van der Waals surface area contributed by atoms with Gasteiger partial charge in [-0.15, -0.1) is 22.7 Å². The van der Waals surface area contributed by atoms with Crippen LogP contribution < -0.4 is 5.32 Å². The zero-order chi connectivity index (χ0) is 33.0. The van der Waals surface area contributed by atoms with Gasteiger partial charge in [-0.2, -0.15) is 0 Å². The van der Waals surface area contributed by atoms with Crippen molar-refractivity contribution in [2.75, 3.05) is 0 Å². The van der Waals surface area contributed by atoms with E-state index in [0.717, 1.165) is 22.7 Å². The smallest absolute Gasteiger partial charge is 0.133 e. The summed E-state index contributed by atoms with van der Waals surface area (Å²) >= 11 is 3.75. The number of hydrogen-bond donors (Lipinski definition) is 1. The summed E-state index contributed by atoms with van der Waals surface area (Å²) in [4.78, 5) is 5.47. The molecule has 1 atom stereocenters. The predicted octanol–water partition coefficient (Wildman–Crippen LogP) is 12.9. The highest BCUT2D eigenvalue weighted by Crippen LogP contribution is 2.46. The molecule has 0 saturated heterocycles. The third-order valence-corrected chi connectivity index (χ3v) is 12.2. The third kappa shape index (κ3) is 4.87. The molecule has 1 N–H and O–H groups in total. The Labute approximate surface area is 298 Å². The van der Waals surface area contributed by atoms with E-state index in [-0.39, 0.29) is 6.04 Å². The van der Waals surface area contributed by atoms with Crippen LogP contribution in [0.25, 0.3) is 68.3 Å². The highest BCUT2D eigenvalue weighted by Gasteiger charge is 2.24. The first-order chi connectivity index (χ1) is 24.8. The molecule has 2 nitrogen and oxygen atoms in total. The Hall–Kier alpha value is -5.81. The number of nitrogens with zero attached hydrogens (tertiary/aromatic N) is 1. The molecule has 236 valence electrons. The Kier molecular flexibility index (Phi) is 6.97. The summed E-state index contributed by atoms with van der Waals surface area (Å²) in [5.41, 5.74) is 9.37. The molecular formula is C46H30N2S2. The molecule has 7 aromatic carbocycles. The van der Waals surface area contributed by atoms with Crippen LogP contribution in [0.5, 0.6) is 0 Å². The topological polar surface area (TPSA) is 24.4 Å². The molecule has 0 saturated carbocycles. The molecule has 4 heteroatoms. The van der Waals surface area contributed by atoms with E-state index in [4.69, 9.17) is 4.99 Å². The first-order valence-corrected chi connectivity index (χ1v) is 18.5. The van der Waals surface area contributed by atoms with Gasteiger partial charge in [0.15, 0.2) is 0 Å². The molecule has 3 heterocycles. The van der Waals surface area contributed by atoms with E-state index in [0.29, 0.717) is 0 Å². The zero-order valence-corrected chi connectivity index (χ0v) is 28.6. The number of fused-ring (bicyclic) bond motifs is 6. The van der Waals surface area contributed by atoms with Crippen LogP contribution in [0.4, 0.5) is 0 Å². The van der Waals surface area contributed by atoms with Crippen LogP contribution in [0, 0.1) is 0 Å². The molecule has 0 bridgehead atoms. The van der Waals surface area contributed by atoms with E-state index >= 15 is 0 Å². The first-order valence-electron chi connectivity index (χ1n) is 16.9. The van der Waals surface area contributed by atoms with E-state index < -0.39 is 0 Å². The molecule has 0 radical (unpaired) electrons. The van der Waals surface area contributed by atoms with Crippen LogP contribution in [-0.4, -0.2) is 5.84 Å². The van der Waals surface area contributed by atoms with Crippen LogP contribution in [-0.2, 0) is 0 Å². The fraction of sp³-hybridized carbons (Fsp3) is 0.0217. The Morgan fingerprint density at radius 3 is 1.68 bits per heavy atom. The van der Waals surface area contributed by atoms with Gasteiger partial charge < -0.3 is 5.32 Å². The van der Waals surface area contributed by atoms with Crippen molar-refractivity contribution in [3.05, 3.63) is 187 Å². The maximum atomic E-state index is 5.47. The largest absolute Gasteiger partial charge is 0.340 e. The number of benzene rings is 7. The number of thiophene rings is 2. The summed E-state index contributed by atoms with van der Waals surface area (Å²) in [5, 5.41) is 8.92. The van der Waals surface area contributed by atoms with Gasteiger partial charge in [0.05, 0.1) is 6.04 Å². The van der Waals surface area contributed by atoms with E-state index in [2.05, 4.69) is 175 Å². The Bertz CT molecular complexity index is 2730. The van der Waals surface area contributed by atoms with Crippen molar-refractivity contribution in [2.45, 2.75) is 6.04 Å². The van der Waals surface area contributed by atoms with Gasteiger partial charge in [-0.1, -0.05) is 146 Å². The molecule has 0 spiro atoms. The van der Waals surface area contributed by atoms with Crippen molar-refractivity contribution in [1.29, 1.82) is 0 Å². The summed E-state index contributed by atoms with van der Waals surface area (Å²) in [5.74, 6) is 0.875. The highest BCUT2D eigenvalue weighted by molar-refractivity contribution is 7.26. The van der Waals surface area contributed by atoms with Crippen molar-refractivity contribution in [2.24, 2.45) is 4.99 Å². The van der Waals surface area contributed by atoms with Gasteiger partial charge >= 0.3 is 0 Å². The van der Waals surface area contributed by atoms with Gasteiger partial charge in [0.25, 0.3) is 0 Å². The van der Waals surface area contributed by atoms with Gasteiger partial charge in [-0.05, 0) is 57.7 Å². The van der Waals surface area contributed by atoms with E-state index in [1.54, 1.807) is 0 Å². The number of nitrogens with one attached hydrogen (secondary N) is 1. The van der Waals surface area contributed by atoms with Gasteiger partial charge in [0.1, 0.15) is 5.84 Å². The lowest BCUT2D eigenvalue weighted by atomic mass is 9.89. The summed E-state index contributed by atoms with van der Waals surface area (Å²) in [6.45, 7) is 0. The second-order valence-electron chi connectivity index (χ2n) is 12.7. The maximum absolute atomic E-state index is 5.47. The van der Waals surface area contributed by atoms with Gasteiger partial charge in [-0.25, -0.2) is 0 Å². The van der Waals surface area contributed by atoms with Crippen LogP contribution in [0.3, 0.4) is 0 Å². The molecule has 10 rings (SSSR count). The molecular weight excluding hydrogens is 645 g/mol. The number of aliphatic imine (C=N–C) groups is 1. The first kappa shape index (κ1) is 29.1. The predicted molar refractivity (Wildman–Crippen MR) is 216 cm³/mol. The third-order valence-electron chi connectivity index (χ3n) is 9.76. The molecule has 9 aromatic rings. The van der Waals surface area contributed by atoms with Crippen LogP contribution in [0.15, 0.2) is 175 Å². The Morgan fingerprint density at radius 1 is 0.440 bits per heavy atom. The standard InChI is InChI=1S/C46H30N2S2/c1-3-13-29(14-4-1)40-28-41(48-46(47-40)30-15-5-2-6-16-30)39-27-31(32-19-11-21-37-34-17-7-9-23-42(34)49-44(32)37)25-26-33(39)36-20-12-22-38-35-18-8-10-24-43(35)50-45(36)38/h1-28,41H,(H,47,48). The second kappa shape index (κ2) is 12.0. The highest BCUT2D eigenvalue weighted by atomic mass is 32.1. The minimum atomic E-state index is -0.220. The molecule has 0 amide bonds. The molecule has 0 fully saturated rings. The van der Waals surface area contributed by atoms with Gasteiger partial charge in [-0.3, -0.25) is 4.99 Å². The maximum Gasteiger partial charge on any atom is 0.133 e. The lowest BCUT2D eigenvalue weighted by Crippen LogP contribution is -2.27. The monoisotopic (exact) mass is 674 g/mol. The fourth-order valence-corrected chi connectivity index (χ4v) is 9.85. The van der Waals surface area contributed by atoms with Crippen molar-refractivity contribution in [3.8, 4) is 22.3 Å². The lowest BCUT2D eigenvalue weighted by molar-refractivity contribution is 0.883. The molecule has 2 aromatic heterocycles. The zero-order valence-electron chi connectivity index (χ0n) is 27.0. The molecule has 0 aliphatic carbocycles. The van der Waals surface area contributed by atoms with Crippen molar-refractivity contribution in [1.82, 2.24) is 5.32 Å². The Balaban J connectivity index is 1.24. The van der Waals surface area contributed by atoms with Crippen LogP contribution in [0.1, 0.15) is 22.7 Å². The average molecular weight is 675 g/mol. The minimum absolute atomic E-state index is 0.220. The molecule has 1 unspecified atom stereocenters. The SMILES string of the molecule is C1=C(c2ccccc2)NC(c2ccccc2)=NC1c1cc(-c2cccc3c2sc2ccccc23)ccc1-c1cccc2c1sc1ccccc12. The number of amidine groups is 1. The molecule has 50 heavy (non-hydrogen) atoms. The minimum Gasteiger partial charge on any atom is -0.340 e. The van der Waals surface area contributed by atoms with Gasteiger partial charge in [0, 0.05) is 51.6 Å². The number of rotatable bonds is 5. The summed E-state index contributed by atoms with van der Waals surface area (Å²) in [6.07, 6.45) is 2.30. The van der Waals surface area contributed by atoms with E-state index in [1.165, 1.54) is 68.2 Å². The summed E-state index contributed by atoms with van der Waals surface area (Å²) in [6, 6.07) is 58.9. The van der Waals surface area contributed by atoms with Crippen LogP contribution in [0.2, 0.25) is 0 Å². The summed E-state index contributed by atoms with van der Waals surface area (Å²) < 4.78 is 5.25. The van der Waals surface area contributed by atoms with E-state index in [1.807, 2.05) is 22.7 Å². The average Bonchev–Trinajstić information content (AvgIpc) is 3.77. The lowest BCUT2D eigenvalue weighted by Gasteiger charge is -2.25. The van der Waals surface area contributed by atoms with Crippen molar-refractivity contribution >= 4 is 74.6 Å². The normalized spacial score (nSPS) is 14.6. The Morgan fingerprint density at radius 2 is 1.00 bits per heavy atom. The van der Waals surface area contributed by atoms with Crippen LogP contribution >= 0.6 is 22.7 Å². The second-order valence-corrected chi connectivity index (χ2v) is 14.8. The summed E-state index contributed by atoms with van der Waals surface area (Å²) in [7, 11) is 0. The van der Waals surface area contributed by atoms with Crippen molar-refractivity contribution in [3.63, 3.8) is 0 Å². The molecule has 1 aliphatic rings. The fourth-order valence-electron chi connectivity index (χ4n) is 7.38. The van der Waals surface area contributed by atoms with Gasteiger partial charge in [0.2, 0.25) is 0 Å².